The quantitative estimate of drug-likeness (QED) is 0.637. The molecule has 0 spiro atoms. The molecule has 1 N–H and O–H groups in total. The molecule has 5 heteroatoms. The maximum Gasteiger partial charge on any atom is 0.261 e. The van der Waals surface area contributed by atoms with Gasteiger partial charge in [-0.3, -0.25) is 4.79 Å². The van der Waals surface area contributed by atoms with Gasteiger partial charge < -0.3 is 19.5 Å². The van der Waals surface area contributed by atoms with Gasteiger partial charge in [0.25, 0.3) is 5.91 Å². The van der Waals surface area contributed by atoms with Crippen molar-refractivity contribution in [1.29, 1.82) is 0 Å². The molecule has 2 aromatic carbocycles. The zero-order valence-electron chi connectivity index (χ0n) is 16.5. The van der Waals surface area contributed by atoms with Crippen LogP contribution in [0.5, 0.6) is 17.2 Å². The first-order valence-electron chi connectivity index (χ1n) is 9.35. The molecule has 1 unspecified atom stereocenters. The smallest absolute Gasteiger partial charge is 0.261 e. The summed E-state index contributed by atoms with van der Waals surface area (Å²) in [5.74, 6) is 2.40. The Morgan fingerprint density at radius 3 is 2.52 bits per heavy atom. The highest BCUT2D eigenvalue weighted by atomic mass is 16.5. The maximum absolute atomic E-state index is 12.4. The van der Waals surface area contributed by atoms with Gasteiger partial charge in [0, 0.05) is 6.07 Å². The Balaban J connectivity index is 1.83. The van der Waals surface area contributed by atoms with Crippen LogP contribution in [0.15, 0.2) is 48.5 Å². The second-order valence-corrected chi connectivity index (χ2v) is 6.53. The summed E-state index contributed by atoms with van der Waals surface area (Å²) in [7, 11) is 1.60. The van der Waals surface area contributed by atoms with E-state index < -0.39 is 6.10 Å². The van der Waals surface area contributed by atoms with Crippen molar-refractivity contribution in [2.45, 2.75) is 39.2 Å². The highest BCUT2D eigenvalue weighted by molar-refractivity contribution is 5.81. The van der Waals surface area contributed by atoms with E-state index in [1.165, 1.54) is 0 Å². The molecule has 1 atom stereocenters. The Kier molecular flexibility index (Phi) is 7.99. The van der Waals surface area contributed by atoms with Crippen molar-refractivity contribution < 1.29 is 19.0 Å². The molecular formula is C22H29NO4. The Bertz CT molecular complexity index is 730. The lowest BCUT2D eigenvalue weighted by Gasteiger charge is -2.18. The SMILES string of the molecule is CCC(Oc1cccc(OC)c1)C(=O)NCCOc1ccccc1C(C)C. The van der Waals surface area contributed by atoms with E-state index in [-0.39, 0.29) is 5.91 Å². The van der Waals surface area contributed by atoms with Crippen LogP contribution in [0.2, 0.25) is 0 Å². The lowest BCUT2D eigenvalue weighted by Crippen LogP contribution is -2.39. The minimum absolute atomic E-state index is 0.152. The number of hydrogen-bond acceptors (Lipinski definition) is 4. The van der Waals surface area contributed by atoms with E-state index in [1.54, 1.807) is 13.2 Å². The standard InChI is InChI=1S/C22H29NO4/c1-5-20(27-18-10-8-9-17(15-18)25-4)22(24)23-13-14-26-21-12-7-6-11-19(21)16(2)3/h6-12,15-16,20H,5,13-14H2,1-4H3,(H,23,24). The number of para-hydroxylation sites is 1. The van der Waals surface area contributed by atoms with E-state index in [9.17, 15) is 4.79 Å². The molecule has 0 fully saturated rings. The van der Waals surface area contributed by atoms with Crippen LogP contribution in [0.25, 0.3) is 0 Å². The highest BCUT2D eigenvalue weighted by Gasteiger charge is 2.18. The third kappa shape index (κ3) is 6.20. The van der Waals surface area contributed by atoms with Gasteiger partial charge in [-0.15, -0.1) is 0 Å². The second kappa shape index (κ2) is 10.5. The predicted molar refractivity (Wildman–Crippen MR) is 107 cm³/mol. The van der Waals surface area contributed by atoms with Gasteiger partial charge in [-0.2, -0.15) is 0 Å². The fourth-order valence-corrected chi connectivity index (χ4v) is 2.70. The molecular weight excluding hydrogens is 342 g/mol. The van der Waals surface area contributed by atoms with Gasteiger partial charge in [-0.1, -0.05) is 45.0 Å². The molecule has 1 amide bonds. The Morgan fingerprint density at radius 1 is 1.07 bits per heavy atom. The first-order valence-corrected chi connectivity index (χ1v) is 9.35. The summed E-state index contributed by atoms with van der Waals surface area (Å²) in [4.78, 5) is 12.4. The van der Waals surface area contributed by atoms with Crippen LogP contribution in [0, 0.1) is 0 Å². The summed E-state index contributed by atoms with van der Waals surface area (Å²) >= 11 is 0. The molecule has 27 heavy (non-hydrogen) atoms. The first-order chi connectivity index (χ1) is 13.0. The van der Waals surface area contributed by atoms with Crippen molar-refractivity contribution in [3.8, 4) is 17.2 Å². The summed E-state index contributed by atoms with van der Waals surface area (Å²) in [6.45, 7) is 7.01. The number of methoxy groups -OCH3 is 1. The molecule has 0 saturated carbocycles. The molecule has 0 radical (unpaired) electrons. The largest absolute Gasteiger partial charge is 0.497 e. The van der Waals surface area contributed by atoms with Gasteiger partial charge in [-0.25, -0.2) is 0 Å². The number of amides is 1. The third-order valence-corrected chi connectivity index (χ3v) is 4.18. The Labute approximate surface area is 161 Å². The number of rotatable bonds is 10. The number of nitrogens with one attached hydrogen (secondary N) is 1. The fraction of sp³-hybridized carbons (Fsp3) is 0.409. The maximum atomic E-state index is 12.4. The number of ether oxygens (including phenoxy) is 3. The average Bonchev–Trinajstić information content (AvgIpc) is 2.69. The van der Waals surface area contributed by atoms with E-state index in [4.69, 9.17) is 14.2 Å². The molecule has 0 heterocycles. The molecule has 5 nitrogen and oxygen atoms in total. The molecule has 0 aliphatic carbocycles. The molecule has 0 aliphatic heterocycles. The van der Waals surface area contributed by atoms with Crippen molar-refractivity contribution in [3.05, 3.63) is 54.1 Å². The zero-order chi connectivity index (χ0) is 19.6. The molecule has 0 aromatic heterocycles. The van der Waals surface area contributed by atoms with Crippen molar-refractivity contribution in [3.63, 3.8) is 0 Å². The Hall–Kier alpha value is -2.69. The highest BCUT2D eigenvalue weighted by Crippen LogP contribution is 2.25. The monoisotopic (exact) mass is 371 g/mol. The van der Waals surface area contributed by atoms with Gasteiger partial charge in [0.15, 0.2) is 6.10 Å². The second-order valence-electron chi connectivity index (χ2n) is 6.53. The number of hydrogen-bond donors (Lipinski definition) is 1. The predicted octanol–water partition coefficient (Wildman–Crippen LogP) is 4.17. The van der Waals surface area contributed by atoms with Crippen molar-refractivity contribution >= 4 is 5.91 Å². The van der Waals surface area contributed by atoms with Crippen LogP contribution in [0.1, 0.15) is 38.7 Å². The zero-order valence-corrected chi connectivity index (χ0v) is 16.5. The molecule has 0 bridgehead atoms. The molecule has 0 aliphatic rings. The van der Waals surface area contributed by atoms with Gasteiger partial charge in [0.2, 0.25) is 0 Å². The van der Waals surface area contributed by atoms with Crippen LogP contribution < -0.4 is 19.5 Å². The Morgan fingerprint density at radius 2 is 1.81 bits per heavy atom. The summed E-state index contributed by atoms with van der Waals surface area (Å²) in [6, 6.07) is 15.2. The van der Waals surface area contributed by atoms with Crippen LogP contribution in [0.4, 0.5) is 0 Å². The first kappa shape index (κ1) is 20.6. The summed E-state index contributed by atoms with van der Waals surface area (Å²) in [6.07, 6.45) is 0.0140. The van der Waals surface area contributed by atoms with Crippen molar-refractivity contribution in [1.82, 2.24) is 5.32 Å². The molecule has 146 valence electrons. The third-order valence-electron chi connectivity index (χ3n) is 4.18. The van der Waals surface area contributed by atoms with Crippen LogP contribution >= 0.6 is 0 Å². The number of carbonyl (C=O) groups excluding carboxylic acids is 1. The summed E-state index contributed by atoms with van der Waals surface area (Å²) in [5, 5.41) is 2.88. The minimum Gasteiger partial charge on any atom is -0.497 e. The van der Waals surface area contributed by atoms with Crippen molar-refractivity contribution in [2.24, 2.45) is 0 Å². The van der Waals surface area contributed by atoms with Gasteiger partial charge in [-0.05, 0) is 36.1 Å². The lowest BCUT2D eigenvalue weighted by atomic mass is 10.0. The minimum atomic E-state index is -0.556. The van der Waals surface area contributed by atoms with Gasteiger partial charge in [0.05, 0.1) is 13.7 Å². The molecule has 0 saturated heterocycles. The lowest BCUT2D eigenvalue weighted by molar-refractivity contribution is -0.128. The van der Waals surface area contributed by atoms with E-state index in [1.807, 2.05) is 43.3 Å². The van der Waals surface area contributed by atoms with Crippen molar-refractivity contribution in [2.75, 3.05) is 20.3 Å². The number of benzene rings is 2. The van der Waals surface area contributed by atoms with E-state index in [0.717, 1.165) is 11.3 Å². The summed E-state index contributed by atoms with van der Waals surface area (Å²) < 4.78 is 16.8. The molecule has 2 aromatic rings. The average molecular weight is 371 g/mol. The fourth-order valence-electron chi connectivity index (χ4n) is 2.70. The van der Waals surface area contributed by atoms with E-state index in [2.05, 4.69) is 25.2 Å². The van der Waals surface area contributed by atoms with E-state index >= 15 is 0 Å². The van der Waals surface area contributed by atoms with Crippen LogP contribution in [-0.2, 0) is 4.79 Å². The van der Waals surface area contributed by atoms with Crippen LogP contribution in [-0.4, -0.2) is 32.3 Å². The topological polar surface area (TPSA) is 56.8 Å². The number of carbonyl (C=O) groups is 1. The normalized spacial score (nSPS) is 11.7. The van der Waals surface area contributed by atoms with E-state index in [0.29, 0.717) is 37.0 Å². The van der Waals surface area contributed by atoms with Gasteiger partial charge >= 0.3 is 0 Å². The molecule has 2 rings (SSSR count). The summed E-state index contributed by atoms with van der Waals surface area (Å²) in [5.41, 5.74) is 1.16. The van der Waals surface area contributed by atoms with Gasteiger partial charge in [0.1, 0.15) is 23.9 Å². The van der Waals surface area contributed by atoms with Crippen LogP contribution in [0.3, 0.4) is 0 Å².